The number of hydrazine groups is 1. The Morgan fingerprint density at radius 2 is 1.87 bits per heavy atom. The fourth-order valence-corrected chi connectivity index (χ4v) is 3.52. The van der Waals surface area contributed by atoms with Gasteiger partial charge in [0.25, 0.3) is 0 Å². The van der Waals surface area contributed by atoms with Crippen LogP contribution in [0.2, 0.25) is 0 Å². The van der Waals surface area contributed by atoms with Crippen LogP contribution >= 0.6 is 22.6 Å². The molecule has 0 unspecified atom stereocenters. The van der Waals surface area contributed by atoms with Gasteiger partial charge in [-0.25, -0.2) is 14.9 Å². The molecule has 0 spiro atoms. The van der Waals surface area contributed by atoms with Crippen LogP contribution in [0.4, 0.5) is 5.69 Å². The molecule has 0 saturated heterocycles. The number of methoxy groups -OCH3 is 1. The average Bonchev–Trinajstić information content (AvgIpc) is 2.77. The van der Waals surface area contributed by atoms with Crippen molar-refractivity contribution in [1.82, 2.24) is 0 Å². The number of hydrogen-bond acceptors (Lipinski definition) is 5. The Labute approximate surface area is 186 Å². The molecule has 0 saturated carbocycles. The van der Waals surface area contributed by atoms with Crippen molar-refractivity contribution in [2.24, 2.45) is 0 Å². The third-order valence-corrected chi connectivity index (χ3v) is 5.15. The maximum atomic E-state index is 12.1. The lowest BCUT2D eigenvalue weighted by Gasteiger charge is -2.17. The lowest BCUT2D eigenvalue weighted by atomic mass is 9.99. The predicted octanol–water partition coefficient (Wildman–Crippen LogP) is 4.81. The molecule has 3 rings (SSSR count). The molecule has 0 aliphatic rings. The van der Waals surface area contributed by atoms with Crippen molar-refractivity contribution in [2.75, 3.05) is 12.1 Å². The highest BCUT2D eigenvalue weighted by Gasteiger charge is 2.25. The van der Waals surface area contributed by atoms with Gasteiger partial charge in [0, 0.05) is 3.57 Å². The highest BCUT2D eigenvalue weighted by atomic mass is 127. The zero-order valence-electron chi connectivity index (χ0n) is 15.9. The Morgan fingerprint density at radius 1 is 1.17 bits per heavy atom. The van der Waals surface area contributed by atoms with Crippen LogP contribution in [0, 0.1) is 25.0 Å². The first-order valence-electron chi connectivity index (χ1n) is 8.82. The molecule has 3 aromatic carbocycles. The summed E-state index contributed by atoms with van der Waals surface area (Å²) in [6.45, 7) is -0.0439. The molecule has 0 aliphatic heterocycles. The van der Waals surface area contributed by atoms with Gasteiger partial charge in [0.15, 0.2) is 5.03 Å². The van der Waals surface area contributed by atoms with E-state index in [1.54, 1.807) is 36.4 Å². The van der Waals surface area contributed by atoms with Crippen LogP contribution in [-0.2, 0) is 11.3 Å². The number of esters is 1. The number of hydrogen-bond donors (Lipinski definition) is 0. The molecule has 150 valence electrons. The smallest absolute Gasteiger partial charge is 0.340 e. The Morgan fingerprint density at radius 3 is 2.50 bits per heavy atom. The van der Waals surface area contributed by atoms with Crippen molar-refractivity contribution in [3.05, 3.63) is 97.1 Å². The van der Waals surface area contributed by atoms with Crippen molar-refractivity contribution < 1.29 is 14.6 Å². The Kier molecular flexibility index (Phi) is 6.64. The van der Waals surface area contributed by atoms with E-state index in [9.17, 15) is 20.2 Å². The Balaban J connectivity index is 1.93. The standard InChI is InChI=1S/C22H16IN3O4/c1-30-22(27)20-12-18(23)10-11-21(20)25(26(28)29)14-15-6-8-16(9-7-15)19-5-3-2-4-17(19)13-24/h2-12H,14H2,1H3. The van der Waals surface area contributed by atoms with Crippen molar-refractivity contribution in [3.63, 3.8) is 0 Å². The fourth-order valence-electron chi connectivity index (χ4n) is 3.03. The van der Waals surface area contributed by atoms with E-state index in [1.807, 2.05) is 46.9 Å². The molecule has 0 aromatic heterocycles. The van der Waals surface area contributed by atoms with Gasteiger partial charge in [-0.2, -0.15) is 5.26 Å². The molecule has 0 bridgehead atoms. The summed E-state index contributed by atoms with van der Waals surface area (Å²) in [6.07, 6.45) is 0. The van der Waals surface area contributed by atoms with E-state index < -0.39 is 11.0 Å². The second-order valence-electron chi connectivity index (χ2n) is 6.30. The number of benzene rings is 3. The summed E-state index contributed by atoms with van der Waals surface area (Å²) in [5.74, 6) is -0.640. The van der Waals surface area contributed by atoms with Crippen LogP contribution < -0.4 is 5.01 Å². The van der Waals surface area contributed by atoms with E-state index in [0.717, 1.165) is 19.7 Å². The molecule has 0 N–H and O–H groups in total. The van der Waals surface area contributed by atoms with E-state index in [4.69, 9.17) is 4.74 Å². The average molecular weight is 513 g/mol. The molecule has 30 heavy (non-hydrogen) atoms. The maximum Gasteiger partial charge on any atom is 0.340 e. The Bertz CT molecular complexity index is 1140. The van der Waals surface area contributed by atoms with Crippen molar-refractivity contribution in [3.8, 4) is 17.2 Å². The van der Waals surface area contributed by atoms with Gasteiger partial charge in [-0.3, -0.25) is 0 Å². The zero-order chi connectivity index (χ0) is 21.7. The summed E-state index contributed by atoms with van der Waals surface area (Å²) >= 11 is 2.03. The lowest BCUT2D eigenvalue weighted by Crippen LogP contribution is -2.31. The van der Waals surface area contributed by atoms with Crippen LogP contribution in [0.15, 0.2) is 66.7 Å². The van der Waals surface area contributed by atoms with Gasteiger partial charge in [-0.15, -0.1) is 0 Å². The van der Waals surface area contributed by atoms with E-state index in [2.05, 4.69) is 6.07 Å². The molecular formula is C22H16IN3O4. The van der Waals surface area contributed by atoms with Crippen LogP contribution in [0.25, 0.3) is 11.1 Å². The third kappa shape index (κ3) is 4.58. The number of carbonyl (C=O) groups is 1. The molecule has 8 heteroatoms. The molecule has 0 atom stereocenters. The molecule has 0 heterocycles. The first kappa shape index (κ1) is 21.3. The number of carbonyl (C=O) groups excluding carboxylic acids is 1. The van der Waals surface area contributed by atoms with Crippen molar-refractivity contribution >= 4 is 34.2 Å². The number of nitrogens with zero attached hydrogens (tertiary/aromatic N) is 3. The zero-order valence-corrected chi connectivity index (χ0v) is 18.1. The first-order valence-corrected chi connectivity index (χ1v) is 9.90. The minimum atomic E-state index is -0.640. The van der Waals surface area contributed by atoms with Gasteiger partial charge in [-0.1, -0.05) is 47.5 Å². The topological polar surface area (TPSA) is 96.5 Å². The Hall–Kier alpha value is -3.45. The number of rotatable bonds is 6. The molecule has 0 amide bonds. The minimum absolute atomic E-state index is 0.0439. The molecule has 0 radical (unpaired) electrons. The normalized spacial score (nSPS) is 10.2. The molecular weight excluding hydrogens is 497 g/mol. The van der Waals surface area contributed by atoms with Gasteiger partial charge < -0.3 is 4.74 Å². The van der Waals surface area contributed by atoms with E-state index >= 15 is 0 Å². The second-order valence-corrected chi connectivity index (χ2v) is 7.55. The largest absolute Gasteiger partial charge is 0.465 e. The number of nitriles is 1. The van der Waals surface area contributed by atoms with Crippen molar-refractivity contribution in [2.45, 2.75) is 6.54 Å². The number of anilines is 1. The number of nitro groups is 1. The third-order valence-electron chi connectivity index (χ3n) is 4.48. The molecule has 0 fully saturated rings. The van der Waals surface area contributed by atoms with Gasteiger partial charge in [-0.05, 0) is 63.5 Å². The predicted molar refractivity (Wildman–Crippen MR) is 120 cm³/mol. The molecule has 7 nitrogen and oxygen atoms in total. The number of halogens is 1. The first-order chi connectivity index (χ1) is 14.4. The summed E-state index contributed by atoms with van der Waals surface area (Å²) in [6, 6.07) is 21.4. The maximum absolute atomic E-state index is 12.1. The molecule has 0 aliphatic carbocycles. The van der Waals surface area contributed by atoms with E-state index in [1.165, 1.54) is 13.2 Å². The summed E-state index contributed by atoms with van der Waals surface area (Å²) < 4.78 is 5.55. The van der Waals surface area contributed by atoms with Gasteiger partial charge in [0.05, 0.1) is 24.3 Å². The highest BCUT2D eigenvalue weighted by molar-refractivity contribution is 14.1. The van der Waals surface area contributed by atoms with E-state index in [-0.39, 0.29) is 17.8 Å². The number of ether oxygens (including phenoxy) is 1. The van der Waals surface area contributed by atoms with Crippen LogP contribution in [0.3, 0.4) is 0 Å². The summed E-state index contributed by atoms with van der Waals surface area (Å²) in [5, 5.41) is 21.4. The molecule has 3 aromatic rings. The van der Waals surface area contributed by atoms with Crippen LogP contribution in [-0.4, -0.2) is 18.1 Å². The minimum Gasteiger partial charge on any atom is -0.465 e. The summed E-state index contributed by atoms with van der Waals surface area (Å²) in [5.41, 5.74) is 3.15. The van der Waals surface area contributed by atoms with Gasteiger partial charge in [0.2, 0.25) is 0 Å². The van der Waals surface area contributed by atoms with Crippen LogP contribution in [0.1, 0.15) is 21.5 Å². The van der Waals surface area contributed by atoms with E-state index in [0.29, 0.717) is 11.1 Å². The summed E-state index contributed by atoms with van der Waals surface area (Å²) in [4.78, 5) is 23.9. The monoisotopic (exact) mass is 513 g/mol. The summed E-state index contributed by atoms with van der Waals surface area (Å²) in [7, 11) is 1.24. The SMILES string of the molecule is COC(=O)c1cc(I)ccc1N(Cc1ccc(-c2ccccc2C#N)cc1)[N+](=O)[O-]. The quantitative estimate of drug-likeness (QED) is 0.203. The lowest BCUT2D eigenvalue weighted by molar-refractivity contribution is -0.496. The fraction of sp³-hybridized carbons (Fsp3) is 0.0909. The van der Waals surface area contributed by atoms with Gasteiger partial charge in [0.1, 0.15) is 12.2 Å². The second kappa shape index (κ2) is 9.37. The van der Waals surface area contributed by atoms with Crippen molar-refractivity contribution in [1.29, 1.82) is 5.26 Å². The van der Waals surface area contributed by atoms with Crippen LogP contribution in [0.5, 0.6) is 0 Å². The van der Waals surface area contributed by atoms with Gasteiger partial charge >= 0.3 is 5.97 Å². The highest BCUT2D eigenvalue weighted by Crippen LogP contribution is 2.27.